The lowest BCUT2D eigenvalue weighted by molar-refractivity contribution is -0.133. The van der Waals surface area contributed by atoms with Crippen LogP contribution in [0.2, 0.25) is 0 Å². The van der Waals surface area contributed by atoms with Gasteiger partial charge in [0.15, 0.2) is 0 Å². The number of halogens is 1. The number of aromatic nitrogens is 3. The number of nitrogens with one attached hydrogen (secondary N) is 1. The van der Waals surface area contributed by atoms with Crippen LogP contribution in [0.4, 0.5) is 3.89 Å². The van der Waals surface area contributed by atoms with Crippen molar-refractivity contribution in [3.8, 4) is 11.3 Å². The number of likely N-dealkylation sites (tertiary alicyclic amines) is 1. The maximum atomic E-state index is 13.0. The Hall–Kier alpha value is -2.33. The summed E-state index contributed by atoms with van der Waals surface area (Å²) in [6, 6.07) is 5.22. The number of hydrogen-bond acceptors (Lipinski definition) is 6. The van der Waals surface area contributed by atoms with Crippen LogP contribution < -0.4 is 5.32 Å². The van der Waals surface area contributed by atoms with Gasteiger partial charge in [0.2, 0.25) is 5.91 Å². The molecule has 2 aromatic rings. The van der Waals surface area contributed by atoms with Crippen LogP contribution in [0.15, 0.2) is 35.4 Å². The zero-order chi connectivity index (χ0) is 19.0. The van der Waals surface area contributed by atoms with E-state index in [1.54, 1.807) is 10.9 Å². The highest BCUT2D eigenvalue weighted by molar-refractivity contribution is 7.86. The van der Waals surface area contributed by atoms with Crippen molar-refractivity contribution in [1.29, 1.82) is 0 Å². The van der Waals surface area contributed by atoms with E-state index in [1.165, 1.54) is 24.3 Å². The Morgan fingerprint density at radius 3 is 2.48 bits per heavy atom. The minimum Gasteiger partial charge on any atom is -0.338 e. The molecular weight excluding hydrogens is 373 g/mol. The number of rotatable bonds is 4. The molecule has 0 aliphatic carbocycles. The molecule has 8 nitrogen and oxygen atoms in total. The van der Waals surface area contributed by atoms with Crippen LogP contribution in [0, 0.1) is 0 Å². The van der Waals surface area contributed by atoms with Crippen molar-refractivity contribution < 1.29 is 17.1 Å². The predicted molar refractivity (Wildman–Crippen MR) is 95.0 cm³/mol. The third-order valence-electron chi connectivity index (χ3n) is 5.22. The average Bonchev–Trinajstić information content (AvgIpc) is 3.28. The summed E-state index contributed by atoms with van der Waals surface area (Å²) < 4.78 is 36.4. The molecule has 1 unspecified atom stereocenters. The van der Waals surface area contributed by atoms with Crippen molar-refractivity contribution in [3.05, 3.63) is 30.5 Å². The van der Waals surface area contributed by atoms with Crippen LogP contribution in [0.25, 0.3) is 11.3 Å². The standard InChI is InChI=1S/C17H20FN5O3S/c18-27(25,26)14-3-1-12(2-4-14)15-11-23(21-20-15)16-7-10-22(17(16)24)13-5-8-19-9-6-13/h1-4,11,13,16,19H,5-10H2. The Balaban J connectivity index is 1.50. The Bertz CT molecular complexity index is 938. The molecule has 1 aromatic carbocycles. The fourth-order valence-electron chi connectivity index (χ4n) is 3.76. The minimum absolute atomic E-state index is 0.0669. The number of benzene rings is 1. The van der Waals surface area contributed by atoms with Crippen molar-refractivity contribution >= 4 is 16.1 Å². The van der Waals surface area contributed by atoms with Crippen LogP contribution in [-0.2, 0) is 15.0 Å². The first-order chi connectivity index (χ1) is 12.9. The quantitative estimate of drug-likeness (QED) is 0.782. The molecule has 1 N–H and O–H groups in total. The predicted octanol–water partition coefficient (Wildman–Crippen LogP) is 1.13. The first-order valence-electron chi connectivity index (χ1n) is 8.91. The van der Waals surface area contributed by atoms with Gasteiger partial charge >= 0.3 is 10.2 Å². The molecule has 2 aliphatic heterocycles. The maximum absolute atomic E-state index is 13.0. The van der Waals surface area contributed by atoms with E-state index < -0.39 is 15.1 Å². The van der Waals surface area contributed by atoms with Crippen LogP contribution in [0.5, 0.6) is 0 Å². The van der Waals surface area contributed by atoms with Crippen LogP contribution >= 0.6 is 0 Å². The first kappa shape index (κ1) is 18.1. The van der Waals surface area contributed by atoms with Gasteiger partial charge in [0, 0.05) is 18.2 Å². The van der Waals surface area contributed by atoms with Crippen LogP contribution in [0.1, 0.15) is 25.3 Å². The van der Waals surface area contributed by atoms with E-state index in [1.807, 2.05) is 4.90 Å². The summed E-state index contributed by atoms with van der Waals surface area (Å²) in [4.78, 5) is 14.4. The molecule has 0 bridgehead atoms. The lowest BCUT2D eigenvalue weighted by atomic mass is 10.1. The second kappa shape index (κ2) is 7.01. The fourth-order valence-corrected chi connectivity index (χ4v) is 4.22. The van der Waals surface area contributed by atoms with Gasteiger partial charge in [-0.2, -0.15) is 8.42 Å². The molecule has 10 heteroatoms. The Morgan fingerprint density at radius 2 is 1.81 bits per heavy atom. The summed E-state index contributed by atoms with van der Waals surface area (Å²) >= 11 is 0. The molecular formula is C17H20FN5O3S. The molecule has 0 saturated carbocycles. The van der Waals surface area contributed by atoms with Crippen molar-refractivity contribution in [2.24, 2.45) is 0 Å². The van der Waals surface area contributed by atoms with E-state index in [2.05, 4.69) is 15.6 Å². The van der Waals surface area contributed by atoms with E-state index in [9.17, 15) is 17.1 Å². The summed E-state index contributed by atoms with van der Waals surface area (Å²) in [5, 5.41) is 11.5. The Morgan fingerprint density at radius 1 is 1.11 bits per heavy atom. The largest absolute Gasteiger partial charge is 0.338 e. The van der Waals surface area contributed by atoms with E-state index in [4.69, 9.17) is 0 Å². The van der Waals surface area contributed by atoms with Crippen molar-refractivity contribution in [2.75, 3.05) is 19.6 Å². The average molecular weight is 393 g/mol. The fraction of sp³-hybridized carbons (Fsp3) is 0.471. The molecule has 2 fully saturated rings. The van der Waals surface area contributed by atoms with Gasteiger partial charge in [-0.1, -0.05) is 17.3 Å². The number of piperidine rings is 1. The summed E-state index contributed by atoms with van der Waals surface area (Å²) in [6.45, 7) is 2.57. The number of carbonyl (C=O) groups excluding carboxylic acids is 1. The second-order valence-electron chi connectivity index (χ2n) is 6.86. The summed E-state index contributed by atoms with van der Waals surface area (Å²) in [6.07, 6.45) is 4.29. The molecule has 1 aromatic heterocycles. The number of carbonyl (C=O) groups is 1. The molecule has 2 saturated heterocycles. The third-order valence-corrected chi connectivity index (χ3v) is 6.06. The normalized spacial score (nSPS) is 21.7. The molecule has 0 spiro atoms. The summed E-state index contributed by atoms with van der Waals surface area (Å²) in [5.74, 6) is 0.0669. The monoisotopic (exact) mass is 393 g/mol. The molecule has 3 heterocycles. The lowest BCUT2D eigenvalue weighted by Crippen LogP contribution is -2.44. The summed E-state index contributed by atoms with van der Waals surface area (Å²) in [5.41, 5.74) is 1.11. The molecule has 0 radical (unpaired) electrons. The zero-order valence-corrected chi connectivity index (χ0v) is 15.4. The van der Waals surface area contributed by atoms with Crippen molar-refractivity contribution in [3.63, 3.8) is 0 Å². The van der Waals surface area contributed by atoms with Crippen molar-refractivity contribution in [2.45, 2.75) is 36.2 Å². The van der Waals surface area contributed by atoms with Gasteiger partial charge in [0.05, 0.1) is 11.1 Å². The number of hydrogen-bond donors (Lipinski definition) is 1. The molecule has 2 aliphatic rings. The highest BCUT2D eigenvalue weighted by Crippen LogP contribution is 2.28. The van der Waals surface area contributed by atoms with Crippen LogP contribution in [0.3, 0.4) is 0 Å². The molecule has 144 valence electrons. The van der Waals surface area contributed by atoms with Gasteiger partial charge in [-0.05, 0) is 44.5 Å². The Labute approximate surface area is 156 Å². The highest BCUT2D eigenvalue weighted by atomic mass is 32.3. The van der Waals surface area contributed by atoms with Gasteiger partial charge in [-0.3, -0.25) is 4.79 Å². The number of amides is 1. The second-order valence-corrected chi connectivity index (χ2v) is 8.21. The summed E-state index contributed by atoms with van der Waals surface area (Å²) in [7, 11) is -4.73. The van der Waals surface area contributed by atoms with E-state index in [0.717, 1.165) is 25.9 Å². The lowest BCUT2D eigenvalue weighted by Gasteiger charge is -2.31. The first-order valence-corrected chi connectivity index (χ1v) is 10.3. The van der Waals surface area contributed by atoms with Gasteiger partial charge in [0.25, 0.3) is 0 Å². The Kier molecular flexibility index (Phi) is 4.68. The van der Waals surface area contributed by atoms with Gasteiger partial charge < -0.3 is 10.2 Å². The van der Waals surface area contributed by atoms with E-state index in [0.29, 0.717) is 24.2 Å². The zero-order valence-electron chi connectivity index (χ0n) is 14.6. The third kappa shape index (κ3) is 3.59. The van der Waals surface area contributed by atoms with E-state index >= 15 is 0 Å². The van der Waals surface area contributed by atoms with Gasteiger partial charge in [0.1, 0.15) is 11.7 Å². The molecule has 1 amide bonds. The minimum atomic E-state index is -4.73. The highest BCUT2D eigenvalue weighted by Gasteiger charge is 2.37. The smallest absolute Gasteiger partial charge is 0.332 e. The topological polar surface area (TPSA) is 97.2 Å². The van der Waals surface area contributed by atoms with Gasteiger partial charge in [-0.25, -0.2) is 4.68 Å². The molecule has 27 heavy (non-hydrogen) atoms. The molecule has 1 atom stereocenters. The number of nitrogens with zero attached hydrogens (tertiary/aromatic N) is 4. The molecule has 4 rings (SSSR count). The van der Waals surface area contributed by atoms with E-state index in [-0.39, 0.29) is 18.0 Å². The maximum Gasteiger partial charge on any atom is 0.332 e. The van der Waals surface area contributed by atoms with Crippen molar-refractivity contribution in [1.82, 2.24) is 25.2 Å². The SMILES string of the molecule is O=C1C(n2cc(-c3ccc(S(=O)(=O)F)cc3)nn2)CCN1C1CCNCC1. The van der Waals surface area contributed by atoms with Gasteiger partial charge in [-0.15, -0.1) is 8.98 Å². The van der Waals surface area contributed by atoms with Crippen LogP contribution in [-0.4, -0.2) is 59.9 Å².